The molecule has 0 aliphatic carbocycles. The lowest BCUT2D eigenvalue weighted by molar-refractivity contribution is 0.468. The Labute approximate surface area is 414 Å². The molecule has 0 saturated carbocycles. The fourth-order valence-electron chi connectivity index (χ4n) is 6.67. The second kappa shape index (κ2) is 31.5. The third-order valence-electron chi connectivity index (χ3n) is 11.0. The molecule has 0 bridgehead atoms. The average molecular weight is 931 g/mol. The van der Waals surface area contributed by atoms with Crippen LogP contribution in [0.15, 0.2) is 149 Å². The molecule has 0 saturated heterocycles. The summed E-state index contributed by atoms with van der Waals surface area (Å²) in [5.41, 5.74) is 15.6. The highest BCUT2D eigenvalue weighted by Crippen LogP contribution is 2.25. The third-order valence-corrected chi connectivity index (χ3v) is 11.0. The monoisotopic (exact) mass is 931 g/mol. The Kier molecular flexibility index (Phi) is 27.2. The van der Waals surface area contributed by atoms with Crippen LogP contribution in [0.5, 0.6) is 34.5 Å². The van der Waals surface area contributed by atoms with E-state index >= 15 is 0 Å². The maximum atomic E-state index is 9.50. The van der Waals surface area contributed by atoms with E-state index in [0.717, 1.165) is 122 Å². The first-order chi connectivity index (χ1) is 32.8. The van der Waals surface area contributed by atoms with Gasteiger partial charge in [-0.2, -0.15) is 0 Å². The normalized spacial score (nSPS) is 9.70. The van der Waals surface area contributed by atoms with Gasteiger partial charge in [-0.25, -0.2) is 0 Å². The van der Waals surface area contributed by atoms with E-state index < -0.39 is 0 Å². The lowest BCUT2D eigenvalue weighted by Gasteiger charge is -2.06. The van der Waals surface area contributed by atoms with E-state index in [2.05, 4.69) is 53.3 Å². The third kappa shape index (κ3) is 20.5. The molecule has 0 atom stereocenters. The van der Waals surface area contributed by atoms with Gasteiger partial charge in [-0.1, -0.05) is 164 Å². The molecule has 0 amide bonds. The van der Waals surface area contributed by atoms with Crippen LogP contribution in [0.3, 0.4) is 0 Å². The number of rotatable bonds is 12. The van der Waals surface area contributed by atoms with Crippen molar-refractivity contribution in [2.75, 3.05) is 0 Å². The minimum Gasteiger partial charge on any atom is -0.508 e. The lowest BCUT2D eigenvalue weighted by atomic mass is 10.00. The fraction of sp³-hybridized carbons (Fsp3) is 0.238. The molecular weight excluding hydrogens is 853 g/mol. The van der Waals surface area contributed by atoms with Gasteiger partial charge in [0, 0.05) is 0 Å². The highest BCUT2D eigenvalue weighted by Gasteiger charge is 2.04. The van der Waals surface area contributed by atoms with Crippen molar-refractivity contribution in [2.45, 2.75) is 101 Å². The van der Waals surface area contributed by atoms with Gasteiger partial charge in [-0.3, -0.25) is 0 Å². The van der Waals surface area contributed by atoms with Crippen LogP contribution in [0.25, 0.3) is 34.9 Å². The average Bonchev–Trinajstić information content (AvgIpc) is 3.34. The maximum absolute atomic E-state index is 9.50. The summed E-state index contributed by atoms with van der Waals surface area (Å²) in [6.45, 7) is 40.6. The molecule has 6 rings (SSSR count). The molecule has 0 radical (unpaired) electrons. The second-order valence-corrected chi connectivity index (χ2v) is 16.3. The standard InChI is InChI=1S/3C11H14O.3C10H12O/c1-4-9-7-10(12)5-6-11(9)8(2)3;1-4-9-7-10(8(2)3)5-6-11(9)12;1-4-9-5-6-10(8(2)3)7-11(9)12;1-3-8-5-6-10(11)7-9(8)4-2;1-3-8-5-6-10(11)9(4-2)7-8;1-3-8-5-6-9(4-2)10(11)7-8/h3*5-7,12H,2,4H2,1,3H3;3*3,5-7,11H,1,4H2,2H3. The molecule has 0 aliphatic heterocycles. The topological polar surface area (TPSA) is 121 Å². The van der Waals surface area contributed by atoms with E-state index in [4.69, 9.17) is 5.11 Å². The molecule has 0 aliphatic rings. The van der Waals surface area contributed by atoms with E-state index in [-0.39, 0.29) is 0 Å². The lowest BCUT2D eigenvalue weighted by Crippen LogP contribution is -1.88. The van der Waals surface area contributed by atoms with Crippen molar-refractivity contribution in [3.05, 3.63) is 215 Å². The molecule has 0 unspecified atom stereocenters. The van der Waals surface area contributed by atoms with Crippen LogP contribution in [0, 0.1) is 0 Å². The van der Waals surface area contributed by atoms with Gasteiger partial charge in [-0.05, 0) is 187 Å². The van der Waals surface area contributed by atoms with Crippen LogP contribution in [0.4, 0.5) is 0 Å². The van der Waals surface area contributed by atoms with Gasteiger partial charge in [0.2, 0.25) is 0 Å². The predicted molar refractivity (Wildman–Crippen MR) is 299 cm³/mol. The Morgan fingerprint density at radius 3 is 1.22 bits per heavy atom. The van der Waals surface area contributed by atoms with Gasteiger partial charge < -0.3 is 30.6 Å². The van der Waals surface area contributed by atoms with Crippen molar-refractivity contribution in [3.8, 4) is 34.5 Å². The molecule has 366 valence electrons. The maximum Gasteiger partial charge on any atom is 0.119 e. The zero-order valence-electron chi connectivity index (χ0n) is 42.8. The molecule has 6 N–H and O–H groups in total. The fourth-order valence-corrected chi connectivity index (χ4v) is 6.67. The number of aromatic hydroxyl groups is 6. The van der Waals surface area contributed by atoms with Crippen LogP contribution in [-0.4, -0.2) is 30.6 Å². The molecule has 6 aromatic rings. The molecule has 6 aromatic carbocycles. The largest absolute Gasteiger partial charge is 0.508 e. The summed E-state index contributed by atoms with van der Waals surface area (Å²) in [6, 6.07) is 33.1. The molecule has 0 fully saturated rings. The van der Waals surface area contributed by atoms with Crippen molar-refractivity contribution < 1.29 is 30.6 Å². The van der Waals surface area contributed by atoms with Gasteiger partial charge in [0.1, 0.15) is 34.5 Å². The minimum absolute atomic E-state index is 0.326. The van der Waals surface area contributed by atoms with Gasteiger partial charge >= 0.3 is 0 Å². The summed E-state index contributed by atoms with van der Waals surface area (Å²) in [6.07, 6.45) is 10.6. The first-order valence-corrected chi connectivity index (χ1v) is 23.5. The van der Waals surface area contributed by atoms with Crippen LogP contribution in [0.1, 0.15) is 129 Å². The first kappa shape index (κ1) is 59.6. The number of allylic oxidation sites excluding steroid dienone is 3. The number of benzene rings is 6. The summed E-state index contributed by atoms with van der Waals surface area (Å²) in [5, 5.41) is 55.9. The molecule has 0 heterocycles. The van der Waals surface area contributed by atoms with Gasteiger partial charge in [-0.15, -0.1) is 0 Å². The Hall–Kier alpha value is -7.44. The summed E-state index contributed by atoms with van der Waals surface area (Å²) in [7, 11) is 0. The summed E-state index contributed by atoms with van der Waals surface area (Å²) >= 11 is 0. The van der Waals surface area contributed by atoms with Crippen LogP contribution >= 0.6 is 0 Å². The van der Waals surface area contributed by atoms with E-state index in [1.165, 1.54) is 0 Å². The van der Waals surface area contributed by atoms with Crippen molar-refractivity contribution in [1.29, 1.82) is 0 Å². The Balaban J connectivity index is 0.000000414. The van der Waals surface area contributed by atoms with Crippen molar-refractivity contribution in [3.63, 3.8) is 0 Å². The van der Waals surface area contributed by atoms with Gasteiger partial charge in [0.25, 0.3) is 0 Å². The SMILES string of the molecule is C=C(C)c1ccc(CC)c(O)c1.C=C(C)c1ccc(O)c(CC)c1.C=C(C)c1ccc(O)cc1CC.C=Cc1ccc(CC)c(O)c1.C=Cc1ccc(O)c(CC)c1.C=Cc1ccc(O)cc1CC. The minimum atomic E-state index is 0.326. The quantitative estimate of drug-likeness (QED) is 0.0727. The predicted octanol–water partition coefficient (Wildman–Crippen LogP) is 16.8. The smallest absolute Gasteiger partial charge is 0.119 e. The molecule has 0 spiro atoms. The number of aryl methyl sites for hydroxylation is 6. The Morgan fingerprint density at radius 1 is 0.362 bits per heavy atom. The van der Waals surface area contributed by atoms with E-state index in [9.17, 15) is 25.5 Å². The van der Waals surface area contributed by atoms with Crippen LogP contribution in [0.2, 0.25) is 0 Å². The highest BCUT2D eigenvalue weighted by molar-refractivity contribution is 5.66. The molecule has 0 aromatic heterocycles. The number of phenolic OH excluding ortho intramolecular Hbond substituents is 6. The zero-order valence-corrected chi connectivity index (χ0v) is 42.8. The van der Waals surface area contributed by atoms with Crippen molar-refractivity contribution >= 4 is 34.9 Å². The van der Waals surface area contributed by atoms with E-state index in [1.807, 2.05) is 109 Å². The summed E-state index contributed by atoms with van der Waals surface area (Å²) in [4.78, 5) is 0. The molecule has 6 heteroatoms. The Bertz CT molecular complexity index is 2630. The number of hydrogen-bond acceptors (Lipinski definition) is 6. The molecule has 69 heavy (non-hydrogen) atoms. The number of hydrogen-bond donors (Lipinski definition) is 6. The summed E-state index contributed by atoms with van der Waals surface area (Å²) in [5.74, 6) is 2.15. The number of phenols is 6. The van der Waals surface area contributed by atoms with E-state index in [1.54, 1.807) is 66.8 Å². The van der Waals surface area contributed by atoms with Crippen LogP contribution < -0.4 is 0 Å². The van der Waals surface area contributed by atoms with Crippen LogP contribution in [-0.2, 0) is 38.5 Å². The van der Waals surface area contributed by atoms with Gasteiger partial charge in [0.05, 0.1) is 0 Å². The van der Waals surface area contributed by atoms with E-state index in [0.29, 0.717) is 34.5 Å². The highest BCUT2D eigenvalue weighted by atomic mass is 16.3. The van der Waals surface area contributed by atoms with Crippen molar-refractivity contribution in [2.24, 2.45) is 0 Å². The van der Waals surface area contributed by atoms with Gasteiger partial charge in [0.15, 0.2) is 0 Å². The Morgan fingerprint density at radius 2 is 0.768 bits per heavy atom. The second-order valence-electron chi connectivity index (χ2n) is 16.3. The summed E-state index contributed by atoms with van der Waals surface area (Å²) < 4.78 is 0. The molecular formula is C63H78O6. The zero-order chi connectivity index (χ0) is 52.2. The van der Waals surface area contributed by atoms with Crippen molar-refractivity contribution in [1.82, 2.24) is 0 Å². The first-order valence-electron chi connectivity index (χ1n) is 23.5. The molecule has 6 nitrogen and oxygen atoms in total.